The van der Waals surface area contributed by atoms with Gasteiger partial charge in [0.05, 0.1) is 19.8 Å². The molecule has 4 heteroatoms. The predicted molar refractivity (Wildman–Crippen MR) is 55.2 cm³/mol. The van der Waals surface area contributed by atoms with Crippen LogP contribution in [0.2, 0.25) is 0 Å². The van der Waals surface area contributed by atoms with Crippen LogP contribution in [0.5, 0.6) is 0 Å². The highest BCUT2D eigenvalue weighted by Gasteiger charge is 2.00. The zero-order chi connectivity index (χ0) is 10.6. The van der Waals surface area contributed by atoms with Crippen LogP contribution in [-0.4, -0.2) is 39.4 Å². The van der Waals surface area contributed by atoms with E-state index in [4.69, 9.17) is 9.47 Å². The lowest BCUT2D eigenvalue weighted by atomic mass is 10.3. The normalized spacial score (nSPS) is 10.1. The summed E-state index contributed by atoms with van der Waals surface area (Å²) in [4.78, 5) is 11.0. The number of carbonyl (C=O) groups is 1. The van der Waals surface area contributed by atoms with Gasteiger partial charge in [-0.2, -0.15) is 0 Å². The molecule has 0 heterocycles. The van der Waals surface area contributed by atoms with E-state index in [0.29, 0.717) is 19.8 Å². The molecule has 0 rings (SSSR count). The summed E-state index contributed by atoms with van der Waals surface area (Å²) < 4.78 is 9.80. The van der Waals surface area contributed by atoms with Crippen LogP contribution in [0.4, 0.5) is 0 Å². The van der Waals surface area contributed by atoms with Crippen LogP contribution >= 0.6 is 0 Å². The molecule has 84 valence electrons. The van der Waals surface area contributed by atoms with Crippen molar-refractivity contribution in [3.8, 4) is 0 Å². The summed E-state index contributed by atoms with van der Waals surface area (Å²) in [6.45, 7) is 4.23. The topological polar surface area (TPSA) is 47.6 Å². The summed E-state index contributed by atoms with van der Waals surface area (Å²) >= 11 is 0. The van der Waals surface area contributed by atoms with Crippen LogP contribution in [0, 0.1) is 0 Å². The van der Waals surface area contributed by atoms with Crippen molar-refractivity contribution in [2.45, 2.75) is 26.2 Å². The molecular weight excluding hydrogens is 182 g/mol. The highest BCUT2D eigenvalue weighted by molar-refractivity contribution is 5.71. The van der Waals surface area contributed by atoms with E-state index < -0.39 is 0 Å². The second-order valence-electron chi connectivity index (χ2n) is 3.10. The molecule has 0 spiro atoms. The standard InChI is InChI=1S/C10H21NO3/c1-3-4-5-7-14-10(12)9-11-6-8-13-2/h11H,3-9H2,1-2H3. The SMILES string of the molecule is CCCCCOC(=O)CNCCOC. The summed E-state index contributed by atoms with van der Waals surface area (Å²) in [5.74, 6) is -0.183. The first kappa shape index (κ1) is 13.4. The van der Waals surface area contributed by atoms with Gasteiger partial charge in [0, 0.05) is 13.7 Å². The fourth-order valence-electron chi connectivity index (χ4n) is 0.954. The Morgan fingerprint density at radius 3 is 2.71 bits per heavy atom. The maximum absolute atomic E-state index is 11.0. The summed E-state index contributed by atoms with van der Waals surface area (Å²) in [6.07, 6.45) is 3.22. The number of hydrogen-bond acceptors (Lipinski definition) is 4. The minimum absolute atomic E-state index is 0.183. The maximum Gasteiger partial charge on any atom is 0.319 e. The molecule has 0 unspecified atom stereocenters. The molecule has 0 saturated carbocycles. The Morgan fingerprint density at radius 2 is 2.07 bits per heavy atom. The summed E-state index contributed by atoms with van der Waals surface area (Å²) in [5, 5.41) is 2.93. The molecule has 0 aliphatic rings. The van der Waals surface area contributed by atoms with Crippen molar-refractivity contribution in [2.24, 2.45) is 0 Å². The van der Waals surface area contributed by atoms with E-state index in [1.807, 2.05) is 0 Å². The molecule has 0 bridgehead atoms. The Bertz CT molecular complexity index is 125. The maximum atomic E-state index is 11.0. The summed E-state index contributed by atoms with van der Waals surface area (Å²) in [5.41, 5.74) is 0. The largest absolute Gasteiger partial charge is 0.465 e. The molecule has 4 nitrogen and oxygen atoms in total. The molecule has 0 aromatic carbocycles. The molecule has 0 atom stereocenters. The van der Waals surface area contributed by atoms with Crippen molar-refractivity contribution < 1.29 is 14.3 Å². The first-order valence-corrected chi connectivity index (χ1v) is 5.16. The third kappa shape index (κ3) is 9.48. The minimum Gasteiger partial charge on any atom is -0.465 e. The van der Waals surface area contributed by atoms with Crippen molar-refractivity contribution in [3.63, 3.8) is 0 Å². The number of ether oxygens (including phenoxy) is 2. The van der Waals surface area contributed by atoms with Crippen molar-refractivity contribution >= 4 is 5.97 Å². The number of carbonyl (C=O) groups excluding carboxylic acids is 1. The van der Waals surface area contributed by atoms with Gasteiger partial charge in [-0.25, -0.2) is 0 Å². The molecule has 0 saturated heterocycles. The van der Waals surface area contributed by atoms with Crippen molar-refractivity contribution in [3.05, 3.63) is 0 Å². The predicted octanol–water partition coefficient (Wildman–Crippen LogP) is 0.956. The van der Waals surface area contributed by atoms with Gasteiger partial charge in [-0.3, -0.25) is 4.79 Å². The average Bonchev–Trinajstić information content (AvgIpc) is 2.19. The Labute approximate surface area is 86.0 Å². The Kier molecular flexibility index (Phi) is 10.0. The van der Waals surface area contributed by atoms with E-state index in [1.54, 1.807) is 7.11 Å². The Morgan fingerprint density at radius 1 is 1.29 bits per heavy atom. The van der Waals surface area contributed by atoms with Crippen LogP contribution in [0.15, 0.2) is 0 Å². The van der Waals surface area contributed by atoms with Crippen molar-refractivity contribution in [1.82, 2.24) is 5.32 Å². The minimum atomic E-state index is -0.183. The molecule has 0 aromatic heterocycles. The van der Waals surface area contributed by atoms with Gasteiger partial charge in [0.1, 0.15) is 0 Å². The summed E-state index contributed by atoms with van der Waals surface area (Å²) in [6, 6.07) is 0. The van der Waals surface area contributed by atoms with E-state index in [1.165, 1.54) is 0 Å². The first-order chi connectivity index (χ1) is 6.81. The van der Waals surface area contributed by atoms with E-state index >= 15 is 0 Å². The monoisotopic (exact) mass is 203 g/mol. The van der Waals surface area contributed by atoms with E-state index in [-0.39, 0.29) is 12.5 Å². The van der Waals surface area contributed by atoms with Gasteiger partial charge in [0.25, 0.3) is 0 Å². The molecule has 0 fully saturated rings. The number of unbranched alkanes of at least 4 members (excludes halogenated alkanes) is 2. The fourth-order valence-corrected chi connectivity index (χ4v) is 0.954. The van der Waals surface area contributed by atoms with E-state index in [2.05, 4.69) is 12.2 Å². The first-order valence-electron chi connectivity index (χ1n) is 5.16. The third-order valence-electron chi connectivity index (χ3n) is 1.76. The highest BCUT2D eigenvalue weighted by atomic mass is 16.5. The van der Waals surface area contributed by atoms with Crippen molar-refractivity contribution in [1.29, 1.82) is 0 Å². The average molecular weight is 203 g/mol. The molecule has 0 aliphatic carbocycles. The molecule has 0 aliphatic heterocycles. The van der Waals surface area contributed by atoms with Gasteiger partial charge in [-0.15, -0.1) is 0 Å². The van der Waals surface area contributed by atoms with E-state index in [9.17, 15) is 4.79 Å². The quantitative estimate of drug-likeness (QED) is 0.448. The van der Waals surface area contributed by atoms with Gasteiger partial charge in [0.15, 0.2) is 0 Å². The lowest BCUT2D eigenvalue weighted by Crippen LogP contribution is -2.27. The molecular formula is C10H21NO3. The molecule has 0 aromatic rings. The second-order valence-corrected chi connectivity index (χ2v) is 3.10. The van der Waals surface area contributed by atoms with Crippen LogP contribution in [-0.2, 0) is 14.3 Å². The molecule has 0 amide bonds. The zero-order valence-corrected chi connectivity index (χ0v) is 9.17. The van der Waals surface area contributed by atoms with Gasteiger partial charge in [-0.05, 0) is 6.42 Å². The van der Waals surface area contributed by atoms with Gasteiger partial charge in [-0.1, -0.05) is 19.8 Å². The van der Waals surface area contributed by atoms with Gasteiger partial charge < -0.3 is 14.8 Å². The van der Waals surface area contributed by atoms with Crippen LogP contribution in [0.25, 0.3) is 0 Å². The third-order valence-corrected chi connectivity index (χ3v) is 1.76. The number of hydrogen-bond donors (Lipinski definition) is 1. The smallest absolute Gasteiger partial charge is 0.319 e. The number of rotatable bonds is 9. The fraction of sp³-hybridized carbons (Fsp3) is 0.900. The van der Waals surface area contributed by atoms with Crippen molar-refractivity contribution in [2.75, 3.05) is 33.4 Å². The lowest BCUT2D eigenvalue weighted by molar-refractivity contribution is -0.142. The molecule has 14 heavy (non-hydrogen) atoms. The number of nitrogens with one attached hydrogen (secondary N) is 1. The van der Waals surface area contributed by atoms with E-state index in [0.717, 1.165) is 19.3 Å². The van der Waals surface area contributed by atoms with Gasteiger partial charge >= 0.3 is 5.97 Å². The lowest BCUT2D eigenvalue weighted by Gasteiger charge is -2.05. The highest BCUT2D eigenvalue weighted by Crippen LogP contribution is 1.93. The Balaban J connectivity index is 3.11. The van der Waals surface area contributed by atoms with Gasteiger partial charge in [0.2, 0.25) is 0 Å². The number of methoxy groups -OCH3 is 1. The summed E-state index contributed by atoms with van der Waals surface area (Å²) in [7, 11) is 1.63. The number of esters is 1. The molecule has 1 N–H and O–H groups in total. The molecule has 0 radical (unpaired) electrons. The second kappa shape index (κ2) is 10.5. The zero-order valence-electron chi connectivity index (χ0n) is 9.17. The van der Waals surface area contributed by atoms with Crippen LogP contribution in [0.3, 0.4) is 0 Å². The van der Waals surface area contributed by atoms with Crippen LogP contribution < -0.4 is 5.32 Å². The van der Waals surface area contributed by atoms with Crippen LogP contribution in [0.1, 0.15) is 26.2 Å². The Hall–Kier alpha value is -0.610.